The van der Waals surface area contributed by atoms with Crippen molar-refractivity contribution in [3.63, 3.8) is 0 Å². The molecule has 1 N–H and O–H groups in total. The summed E-state index contributed by atoms with van der Waals surface area (Å²) in [5.41, 5.74) is 1.18. The van der Waals surface area contributed by atoms with Gasteiger partial charge in [-0.05, 0) is 39.7 Å². The van der Waals surface area contributed by atoms with E-state index in [0.717, 1.165) is 18.5 Å². The highest BCUT2D eigenvalue weighted by molar-refractivity contribution is 5.92. The van der Waals surface area contributed by atoms with Gasteiger partial charge in [0.1, 0.15) is 5.60 Å². The van der Waals surface area contributed by atoms with Crippen LogP contribution in [0.15, 0.2) is 23.4 Å². The molecule has 0 unspecified atom stereocenters. The van der Waals surface area contributed by atoms with Crippen LogP contribution in [0.5, 0.6) is 0 Å². The number of carbonyl (C=O) groups is 1. The number of esters is 1. The Morgan fingerprint density at radius 1 is 1.47 bits per heavy atom. The largest absolute Gasteiger partial charge is 0.456 e. The predicted molar refractivity (Wildman–Crippen MR) is 60.3 cm³/mol. The normalized spacial score (nSPS) is 16.5. The van der Waals surface area contributed by atoms with E-state index in [9.17, 15) is 4.79 Å². The third kappa shape index (κ3) is 3.42. The first-order valence-corrected chi connectivity index (χ1v) is 5.25. The van der Waals surface area contributed by atoms with Gasteiger partial charge in [0.05, 0.1) is 5.57 Å². The molecule has 0 atom stereocenters. The Morgan fingerprint density at radius 2 is 2.13 bits per heavy atom. The molecule has 0 radical (unpaired) electrons. The van der Waals surface area contributed by atoms with Gasteiger partial charge in [0.15, 0.2) is 0 Å². The number of allylic oxidation sites excluding steroid dienone is 2. The molecule has 0 spiro atoms. The summed E-state index contributed by atoms with van der Waals surface area (Å²) in [4.78, 5) is 11.8. The van der Waals surface area contributed by atoms with Crippen molar-refractivity contribution >= 4 is 5.97 Å². The zero-order valence-corrected chi connectivity index (χ0v) is 9.89. The van der Waals surface area contributed by atoms with Gasteiger partial charge >= 0.3 is 5.97 Å². The lowest BCUT2D eigenvalue weighted by molar-refractivity contribution is -0.149. The van der Waals surface area contributed by atoms with Crippen molar-refractivity contribution in [1.29, 1.82) is 0 Å². The van der Waals surface area contributed by atoms with E-state index in [2.05, 4.69) is 5.32 Å². The van der Waals surface area contributed by atoms with Crippen LogP contribution in [-0.4, -0.2) is 18.6 Å². The number of ether oxygens (including phenoxy) is 1. The topological polar surface area (TPSA) is 38.3 Å². The minimum Gasteiger partial charge on any atom is -0.456 e. The van der Waals surface area contributed by atoms with Gasteiger partial charge in [-0.3, -0.25) is 0 Å². The van der Waals surface area contributed by atoms with Gasteiger partial charge in [0.2, 0.25) is 0 Å². The van der Waals surface area contributed by atoms with Crippen molar-refractivity contribution in [2.75, 3.05) is 7.05 Å². The van der Waals surface area contributed by atoms with E-state index in [1.54, 1.807) is 0 Å². The summed E-state index contributed by atoms with van der Waals surface area (Å²) in [6, 6.07) is 0. The van der Waals surface area contributed by atoms with Gasteiger partial charge in [-0.1, -0.05) is 6.08 Å². The van der Waals surface area contributed by atoms with E-state index in [0.29, 0.717) is 5.57 Å². The molecule has 3 nitrogen and oxygen atoms in total. The third-order valence-electron chi connectivity index (χ3n) is 2.09. The molecule has 84 valence electrons. The van der Waals surface area contributed by atoms with E-state index < -0.39 is 5.60 Å². The molecule has 1 aliphatic carbocycles. The maximum Gasteiger partial charge on any atom is 0.340 e. The Morgan fingerprint density at radius 3 is 2.67 bits per heavy atom. The summed E-state index contributed by atoms with van der Waals surface area (Å²) in [6.45, 7) is 5.62. The quantitative estimate of drug-likeness (QED) is 0.708. The molecular weight excluding hydrogens is 190 g/mol. The minimum atomic E-state index is -0.436. The molecule has 1 aliphatic rings. The van der Waals surface area contributed by atoms with Crippen molar-refractivity contribution in [1.82, 2.24) is 5.32 Å². The Hall–Kier alpha value is -1.25. The van der Waals surface area contributed by atoms with Crippen molar-refractivity contribution in [3.8, 4) is 0 Å². The monoisotopic (exact) mass is 209 g/mol. The molecule has 0 amide bonds. The Labute approximate surface area is 91.2 Å². The smallest absolute Gasteiger partial charge is 0.340 e. The van der Waals surface area contributed by atoms with Crippen molar-refractivity contribution < 1.29 is 9.53 Å². The maximum absolute atomic E-state index is 11.8. The Kier molecular flexibility index (Phi) is 3.56. The lowest BCUT2D eigenvalue weighted by atomic mass is 10.0. The van der Waals surface area contributed by atoms with Gasteiger partial charge in [-0.25, -0.2) is 4.79 Å². The molecule has 1 rings (SSSR count). The van der Waals surface area contributed by atoms with Crippen LogP contribution in [0.3, 0.4) is 0 Å². The van der Waals surface area contributed by atoms with Gasteiger partial charge in [-0.15, -0.1) is 0 Å². The third-order valence-corrected chi connectivity index (χ3v) is 2.09. The fourth-order valence-corrected chi connectivity index (χ4v) is 1.45. The van der Waals surface area contributed by atoms with E-state index in [1.165, 1.54) is 0 Å². The second-order valence-corrected chi connectivity index (χ2v) is 4.59. The van der Waals surface area contributed by atoms with E-state index in [-0.39, 0.29) is 5.97 Å². The molecule has 0 aromatic carbocycles. The fraction of sp³-hybridized carbons (Fsp3) is 0.583. The lowest BCUT2D eigenvalue weighted by Crippen LogP contribution is -2.26. The minimum absolute atomic E-state index is 0.247. The number of hydrogen-bond acceptors (Lipinski definition) is 3. The molecule has 0 saturated heterocycles. The molecular formula is C12H19NO2. The highest BCUT2D eigenvalue weighted by Crippen LogP contribution is 2.20. The molecule has 0 heterocycles. The average Bonchev–Trinajstić information content (AvgIpc) is 2.15. The second-order valence-electron chi connectivity index (χ2n) is 4.59. The Bertz CT molecular complexity index is 308. The number of rotatable bonds is 2. The van der Waals surface area contributed by atoms with Crippen molar-refractivity contribution in [2.24, 2.45) is 0 Å². The van der Waals surface area contributed by atoms with Crippen LogP contribution in [0.4, 0.5) is 0 Å². The zero-order valence-electron chi connectivity index (χ0n) is 9.89. The van der Waals surface area contributed by atoms with Gasteiger partial charge in [0.25, 0.3) is 0 Å². The van der Waals surface area contributed by atoms with Gasteiger partial charge < -0.3 is 10.1 Å². The SMILES string of the molecule is CNC1=C(C(=O)OC(C)(C)C)C=CCC1. The van der Waals surface area contributed by atoms with Crippen LogP contribution < -0.4 is 5.32 Å². The number of hydrogen-bond donors (Lipinski definition) is 1. The van der Waals surface area contributed by atoms with Gasteiger partial charge in [-0.2, -0.15) is 0 Å². The first-order valence-electron chi connectivity index (χ1n) is 5.25. The van der Waals surface area contributed by atoms with E-state index in [1.807, 2.05) is 40.0 Å². The number of nitrogens with one attached hydrogen (secondary N) is 1. The predicted octanol–water partition coefficient (Wildman–Crippen LogP) is 2.15. The summed E-state index contributed by atoms with van der Waals surface area (Å²) in [6.07, 6.45) is 5.69. The van der Waals surface area contributed by atoms with Crippen LogP contribution >= 0.6 is 0 Å². The summed E-state index contributed by atoms with van der Waals surface area (Å²) >= 11 is 0. The highest BCUT2D eigenvalue weighted by Gasteiger charge is 2.21. The van der Waals surface area contributed by atoms with Crippen LogP contribution in [0, 0.1) is 0 Å². The van der Waals surface area contributed by atoms with Crippen molar-refractivity contribution in [2.45, 2.75) is 39.2 Å². The van der Waals surface area contributed by atoms with E-state index >= 15 is 0 Å². The van der Waals surface area contributed by atoms with Gasteiger partial charge in [0, 0.05) is 12.7 Å². The Balaban J connectivity index is 2.82. The lowest BCUT2D eigenvalue weighted by Gasteiger charge is -2.22. The molecule has 0 aromatic rings. The molecule has 0 aromatic heterocycles. The molecule has 0 fully saturated rings. The van der Waals surface area contributed by atoms with Crippen LogP contribution in [0.1, 0.15) is 33.6 Å². The maximum atomic E-state index is 11.8. The van der Waals surface area contributed by atoms with Crippen LogP contribution in [0.2, 0.25) is 0 Å². The summed E-state index contributed by atoms with van der Waals surface area (Å²) < 4.78 is 5.32. The first-order chi connectivity index (χ1) is 6.94. The molecule has 0 saturated carbocycles. The zero-order chi connectivity index (χ0) is 11.5. The van der Waals surface area contributed by atoms with Crippen LogP contribution in [-0.2, 0) is 9.53 Å². The average molecular weight is 209 g/mol. The first kappa shape index (κ1) is 11.8. The van der Waals surface area contributed by atoms with Crippen LogP contribution in [0.25, 0.3) is 0 Å². The molecule has 3 heteroatoms. The second kappa shape index (κ2) is 4.51. The molecule has 15 heavy (non-hydrogen) atoms. The summed E-state index contributed by atoms with van der Waals surface area (Å²) in [7, 11) is 1.83. The number of carbonyl (C=O) groups excluding carboxylic acids is 1. The summed E-state index contributed by atoms with van der Waals surface area (Å²) in [5, 5.41) is 3.05. The van der Waals surface area contributed by atoms with E-state index in [4.69, 9.17) is 4.74 Å². The highest BCUT2D eigenvalue weighted by atomic mass is 16.6. The van der Waals surface area contributed by atoms with Crippen molar-refractivity contribution in [3.05, 3.63) is 23.4 Å². The molecule has 0 bridgehead atoms. The fourth-order valence-electron chi connectivity index (χ4n) is 1.45. The standard InChI is InChI=1S/C12H19NO2/c1-12(2,3)15-11(14)9-7-5-6-8-10(9)13-4/h5,7,13H,6,8H2,1-4H3. The molecule has 0 aliphatic heterocycles. The summed E-state index contributed by atoms with van der Waals surface area (Å²) in [5.74, 6) is -0.247.